The number of hydrogen-bond acceptors (Lipinski definition) is 2. The smallest absolute Gasteiger partial charge is 0.160 e. The van der Waals surface area contributed by atoms with Gasteiger partial charge >= 0.3 is 0 Å². The number of fused-ring (bicyclic) bond motifs is 6. The van der Waals surface area contributed by atoms with Crippen molar-refractivity contribution in [3.8, 4) is 34.0 Å². The van der Waals surface area contributed by atoms with Gasteiger partial charge in [0.1, 0.15) is 0 Å². The van der Waals surface area contributed by atoms with Crippen LogP contribution in [0.1, 0.15) is 0 Å². The second-order valence-corrected chi connectivity index (χ2v) is 11.1. The van der Waals surface area contributed by atoms with Crippen molar-refractivity contribution in [3.05, 3.63) is 158 Å². The first kappa shape index (κ1) is 24.6. The molecule has 0 saturated heterocycles. The maximum Gasteiger partial charge on any atom is 0.160 e. The zero-order valence-electron chi connectivity index (χ0n) is 23.8. The quantitative estimate of drug-likeness (QED) is 0.214. The van der Waals surface area contributed by atoms with Crippen molar-refractivity contribution < 1.29 is 0 Å². The van der Waals surface area contributed by atoms with Crippen molar-refractivity contribution in [1.29, 1.82) is 0 Å². The summed E-state index contributed by atoms with van der Waals surface area (Å²) in [6.45, 7) is 0. The number of aromatic nitrogens is 4. The van der Waals surface area contributed by atoms with E-state index in [1.807, 2.05) is 12.1 Å². The van der Waals surface area contributed by atoms with Crippen LogP contribution in [-0.4, -0.2) is 19.1 Å². The summed E-state index contributed by atoms with van der Waals surface area (Å²) < 4.78 is 4.63. The Labute approximate surface area is 254 Å². The molecule has 0 amide bonds. The van der Waals surface area contributed by atoms with E-state index in [9.17, 15) is 0 Å². The Bertz CT molecular complexity index is 2470. The van der Waals surface area contributed by atoms with Gasteiger partial charge in [0.2, 0.25) is 0 Å². The van der Waals surface area contributed by atoms with E-state index in [0.717, 1.165) is 50.4 Å². The fourth-order valence-electron chi connectivity index (χ4n) is 6.57. The van der Waals surface area contributed by atoms with Crippen LogP contribution >= 0.6 is 0 Å². The highest BCUT2D eigenvalue weighted by atomic mass is 15.0. The summed E-state index contributed by atoms with van der Waals surface area (Å²) in [5.74, 6) is 0.721. The van der Waals surface area contributed by atoms with Crippen molar-refractivity contribution in [2.24, 2.45) is 0 Å². The lowest BCUT2D eigenvalue weighted by atomic mass is 10.0. The Morgan fingerprint density at radius 1 is 0.432 bits per heavy atom. The van der Waals surface area contributed by atoms with Crippen LogP contribution < -0.4 is 0 Å². The largest absolute Gasteiger partial charge is 0.317 e. The second kappa shape index (κ2) is 9.79. The fraction of sp³-hybridized carbons (Fsp3) is 0. The average Bonchev–Trinajstić information content (AvgIpc) is 3.68. The van der Waals surface area contributed by atoms with E-state index < -0.39 is 0 Å². The highest BCUT2D eigenvalue weighted by Crippen LogP contribution is 2.40. The summed E-state index contributed by atoms with van der Waals surface area (Å²) >= 11 is 0. The van der Waals surface area contributed by atoms with E-state index in [0.29, 0.717) is 0 Å². The standard InChI is InChI=1S/C40H26N4/c1-4-12-27(13-5-1)39-31-18-10-11-19-34(31)41-40(42-39)28-20-21-36-33(26-28)38-32-24-25-43(29-14-6-2-7-15-29)35(32)22-23-37(38)44(36)30-16-8-3-9-17-30/h1-26H. The van der Waals surface area contributed by atoms with Crippen molar-refractivity contribution in [3.63, 3.8) is 0 Å². The topological polar surface area (TPSA) is 35.6 Å². The Balaban J connectivity index is 1.34. The molecule has 0 saturated carbocycles. The molecule has 4 heteroatoms. The van der Waals surface area contributed by atoms with Crippen molar-refractivity contribution in [1.82, 2.24) is 19.1 Å². The van der Waals surface area contributed by atoms with Gasteiger partial charge in [-0.15, -0.1) is 0 Å². The number of nitrogens with zero attached hydrogens (tertiary/aromatic N) is 4. The van der Waals surface area contributed by atoms with Crippen molar-refractivity contribution >= 4 is 43.6 Å². The molecule has 44 heavy (non-hydrogen) atoms. The molecule has 0 fully saturated rings. The normalized spacial score (nSPS) is 11.6. The summed E-state index contributed by atoms with van der Waals surface area (Å²) in [7, 11) is 0. The van der Waals surface area contributed by atoms with E-state index in [1.165, 1.54) is 27.2 Å². The van der Waals surface area contributed by atoms with Crippen LogP contribution in [-0.2, 0) is 0 Å². The van der Waals surface area contributed by atoms with Crippen LogP contribution in [0.5, 0.6) is 0 Å². The fourth-order valence-corrected chi connectivity index (χ4v) is 6.57. The van der Waals surface area contributed by atoms with Gasteiger partial charge in [-0.25, -0.2) is 9.97 Å². The Hall–Kier alpha value is -6.00. The Morgan fingerprint density at radius 2 is 1.09 bits per heavy atom. The molecule has 0 unspecified atom stereocenters. The second-order valence-electron chi connectivity index (χ2n) is 11.1. The highest BCUT2D eigenvalue weighted by Gasteiger charge is 2.19. The van der Waals surface area contributed by atoms with Gasteiger partial charge in [0.25, 0.3) is 0 Å². The van der Waals surface area contributed by atoms with Crippen molar-refractivity contribution in [2.75, 3.05) is 0 Å². The molecule has 6 aromatic carbocycles. The van der Waals surface area contributed by atoms with Gasteiger partial charge in [-0.3, -0.25) is 0 Å². The molecule has 0 aliphatic rings. The summed E-state index contributed by atoms with van der Waals surface area (Å²) in [6.07, 6.45) is 2.17. The third-order valence-corrected chi connectivity index (χ3v) is 8.56. The summed E-state index contributed by atoms with van der Waals surface area (Å²) in [6, 6.07) is 53.2. The first-order valence-corrected chi connectivity index (χ1v) is 14.9. The van der Waals surface area contributed by atoms with Crippen LogP contribution in [0, 0.1) is 0 Å². The zero-order chi connectivity index (χ0) is 29.0. The summed E-state index contributed by atoms with van der Waals surface area (Å²) in [5, 5.41) is 4.67. The molecule has 4 nitrogen and oxygen atoms in total. The lowest BCUT2D eigenvalue weighted by molar-refractivity contribution is 1.13. The zero-order valence-corrected chi connectivity index (χ0v) is 23.8. The molecule has 0 N–H and O–H groups in total. The SMILES string of the molecule is c1ccc(-c2nc(-c3ccc4c(c3)c3c5ccn(-c6ccccc6)c5ccc3n4-c3ccccc3)nc3ccccc23)cc1. The van der Waals surface area contributed by atoms with Gasteiger partial charge in [0.15, 0.2) is 5.82 Å². The molecular formula is C40H26N4. The lowest BCUT2D eigenvalue weighted by Gasteiger charge is -2.10. The third-order valence-electron chi connectivity index (χ3n) is 8.56. The third kappa shape index (κ3) is 3.78. The first-order chi connectivity index (χ1) is 21.8. The minimum atomic E-state index is 0.721. The van der Waals surface area contributed by atoms with Gasteiger partial charge < -0.3 is 9.13 Å². The molecule has 3 heterocycles. The van der Waals surface area contributed by atoms with Gasteiger partial charge in [-0.05, 0) is 66.7 Å². The maximum absolute atomic E-state index is 5.18. The van der Waals surface area contributed by atoms with Crippen LogP contribution in [0.2, 0.25) is 0 Å². The molecule has 0 spiro atoms. The number of hydrogen-bond donors (Lipinski definition) is 0. The highest BCUT2D eigenvalue weighted by molar-refractivity contribution is 6.21. The van der Waals surface area contributed by atoms with Gasteiger partial charge in [-0.1, -0.05) is 84.9 Å². The minimum Gasteiger partial charge on any atom is -0.317 e. The van der Waals surface area contributed by atoms with E-state index in [-0.39, 0.29) is 0 Å². The molecule has 0 aliphatic heterocycles. The lowest BCUT2D eigenvalue weighted by Crippen LogP contribution is -1.96. The summed E-state index contributed by atoms with van der Waals surface area (Å²) in [5.41, 5.74) is 9.73. The Kier molecular flexibility index (Phi) is 5.47. The number of rotatable bonds is 4. The average molecular weight is 563 g/mol. The van der Waals surface area contributed by atoms with E-state index in [2.05, 4.69) is 155 Å². The molecule has 0 atom stereocenters. The van der Waals surface area contributed by atoms with Crippen LogP contribution in [0.25, 0.3) is 77.6 Å². The van der Waals surface area contributed by atoms with E-state index >= 15 is 0 Å². The molecule has 0 aliphatic carbocycles. The predicted molar refractivity (Wildman–Crippen MR) is 182 cm³/mol. The van der Waals surface area contributed by atoms with Crippen LogP contribution in [0.15, 0.2) is 158 Å². The van der Waals surface area contributed by atoms with Crippen LogP contribution in [0.4, 0.5) is 0 Å². The number of benzene rings is 6. The Morgan fingerprint density at radius 3 is 1.89 bits per heavy atom. The predicted octanol–water partition coefficient (Wildman–Crippen LogP) is 10.0. The van der Waals surface area contributed by atoms with E-state index in [1.54, 1.807) is 0 Å². The molecular weight excluding hydrogens is 536 g/mol. The maximum atomic E-state index is 5.18. The molecule has 0 radical (unpaired) electrons. The molecule has 9 aromatic rings. The molecule has 0 bridgehead atoms. The van der Waals surface area contributed by atoms with Crippen LogP contribution in [0.3, 0.4) is 0 Å². The van der Waals surface area contributed by atoms with Gasteiger partial charge in [0.05, 0.1) is 27.8 Å². The molecule has 206 valence electrons. The first-order valence-electron chi connectivity index (χ1n) is 14.9. The van der Waals surface area contributed by atoms with Gasteiger partial charge in [0, 0.05) is 50.2 Å². The van der Waals surface area contributed by atoms with Crippen molar-refractivity contribution in [2.45, 2.75) is 0 Å². The molecule has 3 aromatic heterocycles. The minimum absolute atomic E-state index is 0.721. The van der Waals surface area contributed by atoms with E-state index in [4.69, 9.17) is 9.97 Å². The monoisotopic (exact) mass is 562 g/mol. The molecule has 9 rings (SSSR count). The summed E-state index contributed by atoms with van der Waals surface area (Å²) in [4.78, 5) is 10.2. The number of para-hydroxylation sites is 3. The van der Waals surface area contributed by atoms with Gasteiger partial charge in [-0.2, -0.15) is 0 Å².